The van der Waals surface area contributed by atoms with Gasteiger partial charge in [-0.2, -0.15) is 5.10 Å². The van der Waals surface area contributed by atoms with Crippen molar-refractivity contribution in [3.63, 3.8) is 0 Å². The van der Waals surface area contributed by atoms with Crippen LogP contribution in [-0.2, 0) is 21.4 Å². The lowest BCUT2D eigenvalue weighted by Crippen LogP contribution is -2.39. The van der Waals surface area contributed by atoms with Crippen LogP contribution < -0.4 is 33.4 Å². The molecule has 1 amide bonds. The molecule has 47 heavy (non-hydrogen) atoms. The predicted molar refractivity (Wildman–Crippen MR) is 181 cm³/mol. The lowest BCUT2D eigenvalue weighted by Gasteiger charge is -2.25. The van der Waals surface area contributed by atoms with Gasteiger partial charge in [-0.25, -0.2) is 13.8 Å². The predicted octanol–water partition coefficient (Wildman–Crippen LogP) is 6.34. The normalized spacial score (nSPS) is 11.2. The standard InChI is InChI=1S/C33H33Cl2N3O8S/c1-5-45-32-16-23(8-13-30(32)46-21-22-6-9-24(34)10-7-22)19-36-37-33(39)20-38(27-17-25(35)11-14-28(27)42-2)47(40,41)26-12-15-29(43-3)31(18-26)44-4/h6-19H,5,20-21H2,1-4H3,(H,37,39)/b36-19-. The van der Waals surface area contributed by atoms with Crippen molar-refractivity contribution in [2.45, 2.75) is 18.4 Å². The molecule has 0 saturated carbocycles. The fourth-order valence-electron chi connectivity index (χ4n) is 4.34. The van der Waals surface area contributed by atoms with Gasteiger partial charge in [0, 0.05) is 16.1 Å². The molecule has 4 aromatic rings. The Balaban J connectivity index is 1.55. The van der Waals surface area contributed by atoms with E-state index in [9.17, 15) is 13.2 Å². The SMILES string of the molecule is CCOc1cc(/C=N\NC(=O)CN(c2cc(Cl)ccc2OC)S(=O)(=O)c2ccc(OC)c(OC)c2)ccc1OCc1ccc(Cl)cc1. The molecule has 0 aliphatic heterocycles. The van der Waals surface area contributed by atoms with Crippen LogP contribution in [0.5, 0.6) is 28.7 Å². The number of carbonyl (C=O) groups excluding carboxylic acids is 1. The summed E-state index contributed by atoms with van der Waals surface area (Å²) < 4.78 is 56.5. The number of hydrazone groups is 1. The van der Waals surface area contributed by atoms with Crippen LogP contribution in [0.3, 0.4) is 0 Å². The number of sulfonamides is 1. The molecule has 0 bridgehead atoms. The van der Waals surface area contributed by atoms with Crippen LogP contribution in [0.4, 0.5) is 5.69 Å². The summed E-state index contributed by atoms with van der Waals surface area (Å²) in [6, 6.07) is 21.0. The number of benzene rings is 4. The second-order valence-electron chi connectivity index (χ2n) is 9.69. The molecule has 0 heterocycles. The first kappa shape index (κ1) is 35.2. The molecule has 4 aromatic carbocycles. The summed E-state index contributed by atoms with van der Waals surface area (Å²) in [4.78, 5) is 13.0. The number of carbonyl (C=O) groups is 1. The summed E-state index contributed by atoms with van der Waals surface area (Å²) in [5.74, 6) is 0.968. The summed E-state index contributed by atoms with van der Waals surface area (Å²) in [6.45, 7) is 1.89. The van der Waals surface area contributed by atoms with Gasteiger partial charge < -0.3 is 23.7 Å². The summed E-state index contributed by atoms with van der Waals surface area (Å²) >= 11 is 12.2. The molecular weight excluding hydrogens is 669 g/mol. The van der Waals surface area contributed by atoms with Crippen molar-refractivity contribution < 1.29 is 36.9 Å². The molecule has 11 nitrogen and oxygen atoms in total. The van der Waals surface area contributed by atoms with Crippen molar-refractivity contribution >= 4 is 51.0 Å². The minimum absolute atomic E-state index is 0.0458. The number of methoxy groups -OCH3 is 3. The van der Waals surface area contributed by atoms with Crippen molar-refractivity contribution in [3.8, 4) is 28.7 Å². The zero-order valence-corrected chi connectivity index (χ0v) is 28.4. The molecule has 14 heteroatoms. The topological polar surface area (TPSA) is 125 Å². The Kier molecular flexibility index (Phi) is 12.2. The monoisotopic (exact) mass is 701 g/mol. The second kappa shape index (κ2) is 16.3. The number of amides is 1. The Bertz CT molecular complexity index is 1840. The fourth-order valence-corrected chi connectivity index (χ4v) is 6.07. The van der Waals surface area contributed by atoms with E-state index in [0.29, 0.717) is 41.0 Å². The van der Waals surface area contributed by atoms with Crippen molar-refractivity contribution in [2.24, 2.45) is 5.10 Å². The largest absolute Gasteiger partial charge is 0.495 e. The van der Waals surface area contributed by atoms with Crippen molar-refractivity contribution in [3.05, 3.63) is 100 Å². The Morgan fingerprint density at radius 1 is 0.787 bits per heavy atom. The molecule has 0 saturated heterocycles. The van der Waals surface area contributed by atoms with Gasteiger partial charge in [0.05, 0.1) is 44.7 Å². The van der Waals surface area contributed by atoms with E-state index in [1.54, 1.807) is 36.4 Å². The Morgan fingerprint density at radius 3 is 2.13 bits per heavy atom. The van der Waals surface area contributed by atoms with Gasteiger partial charge in [0.2, 0.25) is 0 Å². The molecule has 0 radical (unpaired) electrons. The second-order valence-corrected chi connectivity index (χ2v) is 12.4. The Morgan fingerprint density at radius 2 is 1.45 bits per heavy atom. The van der Waals surface area contributed by atoms with Crippen LogP contribution in [-0.4, -0.2) is 55.0 Å². The maximum Gasteiger partial charge on any atom is 0.265 e. The van der Waals surface area contributed by atoms with E-state index >= 15 is 0 Å². The summed E-state index contributed by atoms with van der Waals surface area (Å²) in [5, 5.41) is 4.91. The molecule has 0 spiro atoms. The van der Waals surface area contributed by atoms with E-state index < -0.39 is 22.5 Å². The molecule has 0 aromatic heterocycles. The van der Waals surface area contributed by atoms with Gasteiger partial charge >= 0.3 is 0 Å². The molecule has 0 unspecified atom stereocenters. The van der Waals surface area contributed by atoms with Gasteiger partial charge in [-0.15, -0.1) is 0 Å². The molecule has 1 N–H and O–H groups in total. The third-order valence-corrected chi connectivity index (χ3v) is 8.86. The highest BCUT2D eigenvalue weighted by molar-refractivity contribution is 7.92. The van der Waals surface area contributed by atoms with E-state index in [0.717, 1.165) is 9.87 Å². The third kappa shape index (κ3) is 9.00. The van der Waals surface area contributed by atoms with Crippen LogP contribution in [0, 0.1) is 0 Å². The number of hydrogen-bond donors (Lipinski definition) is 1. The molecule has 248 valence electrons. The quantitative estimate of drug-likeness (QED) is 0.112. The lowest BCUT2D eigenvalue weighted by molar-refractivity contribution is -0.119. The average molecular weight is 703 g/mol. The van der Waals surface area contributed by atoms with E-state index in [2.05, 4.69) is 10.5 Å². The number of halogens is 2. The summed E-state index contributed by atoms with van der Waals surface area (Å²) in [7, 11) is -0.172. The number of ether oxygens (including phenoxy) is 5. The van der Waals surface area contributed by atoms with Crippen LogP contribution >= 0.6 is 23.2 Å². The van der Waals surface area contributed by atoms with Crippen LogP contribution in [0.25, 0.3) is 0 Å². The summed E-state index contributed by atoms with van der Waals surface area (Å²) in [5.41, 5.74) is 3.96. The zero-order chi connectivity index (χ0) is 34.0. The molecular formula is C33H33Cl2N3O8S. The first-order valence-corrected chi connectivity index (χ1v) is 16.3. The van der Waals surface area contributed by atoms with E-state index in [-0.39, 0.29) is 27.1 Å². The first-order chi connectivity index (χ1) is 22.6. The molecule has 0 atom stereocenters. The van der Waals surface area contributed by atoms with Gasteiger partial charge in [0.15, 0.2) is 23.0 Å². The molecule has 0 fully saturated rings. The Hall–Kier alpha value is -4.65. The van der Waals surface area contributed by atoms with Gasteiger partial charge in [-0.1, -0.05) is 35.3 Å². The van der Waals surface area contributed by atoms with Crippen LogP contribution in [0.1, 0.15) is 18.1 Å². The maximum atomic E-state index is 14.0. The fraction of sp³-hybridized carbons (Fsp3) is 0.212. The van der Waals surface area contributed by atoms with Crippen molar-refractivity contribution in [1.29, 1.82) is 0 Å². The average Bonchev–Trinajstić information content (AvgIpc) is 3.07. The number of hydrogen-bond acceptors (Lipinski definition) is 9. The lowest BCUT2D eigenvalue weighted by atomic mass is 10.2. The van der Waals surface area contributed by atoms with E-state index in [1.807, 2.05) is 19.1 Å². The van der Waals surface area contributed by atoms with Crippen molar-refractivity contribution in [1.82, 2.24) is 5.43 Å². The molecule has 0 aliphatic carbocycles. The van der Waals surface area contributed by atoms with Crippen LogP contribution in [0.2, 0.25) is 10.0 Å². The van der Waals surface area contributed by atoms with Gasteiger partial charge in [0.25, 0.3) is 15.9 Å². The van der Waals surface area contributed by atoms with Gasteiger partial charge in [-0.3, -0.25) is 9.10 Å². The van der Waals surface area contributed by atoms with Gasteiger partial charge in [0.1, 0.15) is 18.9 Å². The minimum atomic E-state index is -4.37. The summed E-state index contributed by atoms with van der Waals surface area (Å²) in [6.07, 6.45) is 1.40. The third-order valence-electron chi connectivity index (χ3n) is 6.62. The molecule has 4 rings (SSSR count). The minimum Gasteiger partial charge on any atom is -0.495 e. The van der Waals surface area contributed by atoms with Crippen LogP contribution in [0.15, 0.2) is 88.9 Å². The zero-order valence-electron chi connectivity index (χ0n) is 26.0. The van der Waals surface area contributed by atoms with E-state index in [1.165, 1.54) is 57.9 Å². The number of rotatable bonds is 15. The first-order valence-electron chi connectivity index (χ1n) is 14.1. The Labute approximate surface area is 283 Å². The smallest absolute Gasteiger partial charge is 0.265 e. The van der Waals surface area contributed by atoms with E-state index in [4.69, 9.17) is 46.9 Å². The van der Waals surface area contributed by atoms with Gasteiger partial charge in [-0.05, 0) is 78.7 Å². The highest BCUT2D eigenvalue weighted by Crippen LogP contribution is 2.37. The number of anilines is 1. The highest BCUT2D eigenvalue weighted by Gasteiger charge is 2.30. The number of nitrogens with zero attached hydrogens (tertiary/aromatic N) is 2. The maximum absolute atomic E-state index is 14.0. The number of nitrogens with one attached hydrogen (secondary N) is 1. The molecule has 0 aliphatic rings. The highest BCUT2D eigenvalue weighted by atomic mass is 35.5. The van der Waals surface area contributed by atoms with Crippen molar-refractivity contribution in [2.75, 3.05) is 38.8 Å².